The summed E-state index contributed by atoms with van der Waals surface area (Å²) in [6.07, 6.45) is 1.82. The van der Waals surface area contributed by atoms with Gasteiger partial charge in [0.25, 0.3) is 0 Å². The van der Waals surface area contributed by atoms with Crippen LogP contribution in [0, 0.1) is 0 Å². The lowest BCUT2D eigenvalue weighted by molar-refractivity contribution is 0.810. The second-order valence-corrected chi connectivity index (χ2v) is 4.82. The molecule has 17 heavy (non-hydrogen) atoms. The van der Waals surface area contributed by atoms with Gasteiger partial charge in [-0.15, -0.1) is 11.3 Å². The van der Waals surface area contributed by atoms with Crippen LogP contribution in [-0.2, 0) is 13.1 Å². The van der Waals surface area contributed by atoms with Crippen molar-refractivity contribution in [1.82, 2.24) is 4.98 Å². The maximum absolute atomic E-state index is 5.75. The molecule has 0 amide bonds. The molecule has 2 N–H and O–H groups in total. The highest BCUT2D eigenvalue weighted by atomic mass is 32.1. The van der Waals surface area contributed by atoms with Crippen molar-refractivity contribution in [3.8, 4) is 0 Å². The molecule has 0 aliphatic carbocycles. The van der Waals surface area contributed by atoms with Gasteiger partial charge in [-0.25, -0.2) is 4.98 Å². The molecule has 0 saturated heterocycles. The molecule has 2 heterocycles. The van der Waals surface area contributed by atoms with E-state index in [9.17, 15) is 0 Å². The smallest absolute Gasteiger partial charge is 0.133 e. The number of thiophene rings is 1. The van der Waals surface area contributed by atoms with E-state index in [4.69, 9.17) is 5.73 Å². The van der Waals surface area contributed by atoms with Gasteiger partial charge in [0.2, 0.25) is 0 Å². The highest BCUT2D eigenvalue weighted by Gasteiger charge is 2.10. The van der Waals surface area contributed by atoms with Gasteiger partial charge in [-0.2, -0.15) is 0 Å². The van der Waals surface area contributed by atoms with Gasteiger partial charge in [-0.05, 0) is 24.4 Å². The Morgan fingerprint density at radius 3 is 2.88 bits per heavy atom. The lowest BCUT2D eigenvalue weighted by atomic mass is 10.2. The predicted molar refractivity (Wildman–Crippen MR) is 73.2 cm³/mol. The van der Waals surface area contributed by atoms with Crippen LogP contribution < -0.4 is 10.6 Å². The van der Waals surface area contributed by atoms with E-state index in [1.807, 2.05) is 18.3 Å². The molecule has 90 valence electrons. The molecule has 0 unspecified atom stereocenters. The molecule has 0 fully saturated rings. The first-order valence-electron chi connectivity index (χ1n) is 5.76. The molecule has 0 radical (unpaired) electrons. The number of pyridine rings is 1. The lowest BCUT2D eigenvalue weighted by Crippen LogP contribution is -2.24. The third-order valence-corrected chi connectivity index (χ3v) is 3.56. The van der Waals surface area contributed by atoms with E-state index in [0.717, 1.165) is 24.5 Å². The molecule has 2 aromatic heterocycles. The van der Waals surface area contributed by atoms with Crippen LogP contribution in [0.3, 0.4) is 0 Å². The number of nitrogens with zero attached hydrogens (tertiary/aromatic N) is 2. The Labute approximate surface area is 106 Å². The van der Waals surface area contributed by atoms with E-state index < -0.39 is 0 Å². The number of rotatable bonds is 5. The largest absolute Gasteiger partial charge is 0.351 e. The molecular formula is C13H17N3S. The minimum atomic E-state index is 0.532. The van der Waals surface area contributed by atoms with Crippen molar-refractivity contribution in [2.75, 3.05) is 11.4 Å². The summed E-state index contributed by atoms with van der Waals surface area (Å²) in [7, 11) is 0. The fourth-order valence-corrected chi connectivity index (χ4v) is 2.52. The van der Waals surface area contributed by atoms with Crippen LogP contribution in [-0.4, -0.2) is 11.5 Å². The third-order valence-electron chi connectivity index (χ3n) is 2.70. The van der Waals surface area contributed by atoms with E-state index in [-0.39, 0.29) is 0 Å². The van der Waals surface area contributed by atoms with Crippen LogP contribution in [0.1, 0.15) is 17.4 Å². The van der Waals surface area contributed by atoms with Gasteiger partial charge in [0, 0.05) is 29.7 Å². The summed E-state index contributed by atoms with van der Waals surface area (Å²) >= 11 is 1.77. The van der Waals surface area contributed by atoms with E-state index in [1.54, 1.807) is 11.3 Å². The minimum Gasteiger partial charge on any atom is -0.351 e. The van der Waals surface area contributed by atoms with Gasteiger partial charge in [0.05, 0.1) is 6.54 Å². The molecule has 0 spiro atoms. The quantitative estimate of drug-likeness (QED) is 0.883. The third kappa shape index (κ3) is 2.84. The molecule has 2 rings (SSSR count). The van der Waals surface area contributed by atoms with Crippen LogP contribution in [0.5, 0.6) is 0 Å². The fraction of sp³-hybridized carbons (Fsp3) is 0.308. The zero-order valence-corrected chi connectivity index (χ0v) is 10.8. The second kappa shape index (κ2) is 5.80. The topological polar surface area (TPSA) is 42.2 Å². The summed E-state index contributed by atoms with van der Waals surface area (Å²) in [4.78, 5) is 8.06. The van der Waals surface area contributed by atoms with Crippen molar-refractivity contribution in [2.45, 2.75) is 20.0 Å². The molecule has 0 aromatic carbocycles. The van der Waals surface area contributed by atoms with Gasteiger partial charge in [0.1, 0.15) is 5.82 Å². The van der Waals surface area contributed by atoms with Gasteiger partial charge in [-0.3, -0.25) is 0 Å². The predicted octanol–water partition coefficient (Wildman–Crippen LogP) is 2.63. The normalized spacial score (nSPS) is 10.5. The van der Waals surface area contributed by atoms with Gasteiger partial charge in [-0.1, -0.05) is 12.1 Å². The summed E-state index contributed by atoms with van der Waals surface area (Å²) in [5, 5.41) is 2.10. The zero-order valence-electron chi connectivity index (χ0n) is 9.97. The number of hydrogen-bond acceptors (Lipinski definition) is 4. The average molecular weight is 247 g/mol. The Kier molecular flexibility index (Phi) is 4.12. The van der Waals surface area contributed by atoms with Crippen molar-refractivity contribution in [2.24, 2.45) is 5.73 Å². The maximum atomic E-state index is 5.75. The molecule has 4 heteroatoms. The highest BCUT2D eigenvalue weighted by molar-refractivity contribution is 7.09. The molecule has 3 nitrogen and oxygen atoms in total. The Bertz CT molecular complexity index is 453. The number of hydrogen-bond donors (Lipinski definition) is 1. The summed E-state index contributed by atoms with van der Waals surface area (Å²) in [5.41, 5.74) is 6.86. The highest BCUT2D eigenvalue weighted by Crippen LogP contribution is 2.20. The van der Waals surface area contributed by atoms with Gasteiger partial charge < -0.3 is 10.6 Å². The SMILES string of the molecule is CCN(Cc1cccs1)c1ncccc1CN. The van der Waals surface area contributed by atoms with E-state index >= 15 is 0 Å². The maximum Gasteiger partial charge on any atom is 0.133 e. The van der Waals surface area contributed by atoms with Crippen LogP contribution in [0.4, 0.5) is 5.82 Å². The molecule has 0 atom stereocenters. The molecular weight excluding hydrogens is 230 g/mol. The number of anilines is 1. The second-order valence-electron chi connectivity index (χ2n) is 3.78. The standard InChI is InChI=1S/C13H17N3S/c1-2-16(10-12-6-4-8-17-12)13-11(9-14)5-3-7-15-13/h3-8H,2,9-10,14H2,1H3. The summed E-state index contributed by atoms with van der Waals surface area (Å²) in [6.45, 7) is 4.51. The number of nitrogens with two attached hydrogens (primary N) is 1. The summed E-state index contributed by atoms with van der Waals surface area (Å²) < 4.78 is 0. The van der Waals surface area contributed by atoms with Crippen LogP contribution in [0.15, 0.2) is 35.8 Å². The Hall–Kier alpha value is -1.39. The van der Waals surface area contributed by atoms with E-state index in [2.05, 4.69) is 34.3 Å². The molecule has 2 aromatic rings. The van der Waals surface area contributed by atoms with E-state index in [0.29, 0.717) is 6.54 Å². The van der Waals surface area contributed by atoms with Gasteiger partial charge >= 0.3 is 0 Å². The van der Waals surface area contributed by atoms with E-state index in [1.165, 1.54) is 4.88 Å². The average Bonchev–Trinajstić information content (AvgIpc) is 2.89. The Balaban J connectivity index is 2.22. The molecule has 0 bridgehead atoms. The molecule has 0 saturated carbocycles. The Morgan fingerprint density at radius 1 is 1.35 bits per heavy atom. The van der Waals surface area contributed by atoms with Crippen molar-refractivity contribution >= 4 is 17.2 Å². The first-order valence-corrected chi connectivity index (χ1v) is 6.64. The first-order chi connectivity index (χ1) is 8.35. The molecule has 0 aliphatic rings. The summed E-state index contributed by atoms with van der Waals surface area (Å²) in [5.74, 6) is 1.01. The first kappa shape index (κ1) is 12.1. The summed E-state index contributed by atoms with van der Waals surface area (Å²) in [6, 6.07) is 8.21. The van der Waals surface area contributed by atoms with Crippen molar-refractivity contribution in [3.05, 3.63) is 46.3 Å². The fourth-order valence-electron chi connectivity index (χ4n) is 1.80. The van der Waals surface area contributed by atoms with Crippen LogP contribution in [0.25, 0.3) is 0 Å². The van der Waals surface area contributed by atoms with Crippen LogP contribution >= 0.6 is 11.3 Å². The van der Waals surface area contributed by atoms with Crippen molar-refractivity contribution < 1.29 is 0 Å². The lowest BCUT2D eigenvalue weighted by Gasteiger charge is -2.23. The minimum absolute atomic E-state index is 0.532. The van der Waals surface area contributed by atoms with Gasteiger partial charge in [0.15, 0.2) is 0 Å². The Morgan fingerprint density at radius 2 is 2.24 bits per heavy atom. The molecule has 0 aliphatic heterocycles. The van der Waals surface area contributed by atoms with Crippen LogP contribution in [0.2, 0.25) is 0 Å². The number of aromatic nitrogens is 1. The van der Waals surface area contributed by atoms with Crippen molar-refractivity contribution in [1.29, 1.82) is 0 Å². The zero-order chi connectivity index (χ0) is 12.1. The monoisotopic (exact) mass is 247 g/mol. The van der Waals surface area contributed by atoms with Crippen molar-refractivity contribution in [3.63, 3.8) is 0 Å².